The topological polar surface area (TPSA) is 145 Å². The van der Waals surface area contributed by atoms with Gasteiger partial charge in [0.05, 0.1) is 16.3 Å². The second-order valence-corrected chi connectivity index (χ2v) is 9.55. The summed E-state index contributed by atoms with van der Waals surface area (Å²) in [7, 11) is 0. The standard InChI is InChI=1S/C26H30ClN5O5/c1-26(2,30-13-19(33)14-36-22-6-4-3-5-18(22)12-28)16-29-25(35)15-37-23-9-7-17(11-20(23)27)21-8-10-24(34)32-31-21/h3-7,9,11,19,30,33H,8,10,13-16H2,1-2H3,(H,29,35)(H,32,34)/t19-/m0/s1. The van der Waals surface area contributed by atoms with Gasteiger partial charge in [-0.1, -0.05) is 23.7 Å². The lowest BCUT2D eigenvalue weighted by Gasteiger charge is -2.28. The lowest BCUT2D eigenvalue weighted by Crippen LogP contribution is -2.52. The number of ether oxygens (including phenoxy) is 2. The number of para-hydroxylation sites is 1. The number of amides is 2. The third-order valence-corrected chi connectivity index (χ3v) is 5.81. The van der Waals surface area contributed by atoms with E-state index in [2.05, 4.69) is 21.2 Å². The summed E-state index contributed by atoms with van der Waals surface area (Å²) in [6, 6.07) is 14.0. The molecule has 37 heavy (non-hydrogen) atoms. The van der Waals surface area contributed by atoms with E-state index >= 15 is 0 Å². The molecule has 2 aromatic carbocycles. The van der Waals surface area contributed by atoms with Gasteiger partial charge in [0.2, 0.25) is 5.91 Å². The third-order valence-electron chi connectivity index (χ3n) is 5.51. The molecule has 1 heterocycles. The Morgan fingerprint density at radius 2 is 2.03 bits per heavy atom. The Labute approximate surface area is 220 Å². The van der Waals surface area contributed by atoms with E-state index < -0.39 is 11.6 Å². The predicted molar refractivity (Wildman–Crippen MR) is 139 cm³/mol. The first-order valence-corrected chi connectivity index (χ1v) is 12.1. The van der Waals surface area contributed by atoms with Crippen LogP contribution in [0.15, 0.2) is 47.6 Å². The van der Waals surface area contributed by atoms with E-state index in [0.29, 0.717) is 34.9 Å². The third kappa shape index (κ3) is 8.75. The molecule has 0 fully saturated rings. The van der Waals surface area contributed by atoms with Crippen LogP contribution in [0.25, 0.3) is 0 Å². The molecule has 0 aliphatic carbocycles. The van der Waals surface area contributed by atoms with Crippen LogP contribution in [0.4, 0.5) is 0 Å². The summed E-state index contributed by atoms with van der Waals surface area (Å²) < 4.78 is 11.1. The van der Waals surface area contributed by atoms with E-state index in [-0.39, 0.29) is 38.1 Å². The lowest BCUT2D eigenvalue weighted by molar-refractivity contribution is -0.123. The largest absolute Gasteiger partial charge is 0.489 e. The zero-order valence-corrected chi connectivity index (χ0v) is 21.5. The van der Waals surface area contributed by atoms with E-state index in [4.69, 9.17) is 26.3 Å². The fourth-order valence-corrected chi connectivity index (χ4v) is 3.62. The maximum absolute atomic E-state index is 12.3. The molecule has 0 bridgehead atoms. The van der Waals surface area contributed by atoms with Gasteiger partial charge >= 0.3 is 0 Å². The Morgan fingerprint density at radius 3 is 2.73 bits per heavy atom. The number of nitriles is 1. The summed E-state index contributed by atoms with van der Waals surface area (Å²) in [6.07, 6.45) is 0.0725. The molecule has 10 nitrogen and oxygen atoms in total. The number of rotatable bonds is 12. The molecule has 3 rings (SSSR count). The minimum absolute atomic E-state index is 0.0174. The van der Waals surface area contributed by atoms with Crippen molar-refractivity contribution in [1.82, 2.24) is 16.1 Å². The molecule has 2 amide bonds. The zero-order chi connectivity index (χ0) is 26.8. The fourth-order valence-electron chi connectivity index (χ4n) is 3.38. The summed E-state index contributed by atoms with van der Waals surface area (Å²) in [5.74, 6) is 0.329. The number of hydrogen-bond donors (Lipinski definition) is 4. The number of benzene rings is 2. The number of β-amino-alcohol motifs (C(OH)–C–C–N with tert-alkyl or cyclic N) is 1. The maximum Gasteiger partial charge on any atom is 0.258 e. The molecular weight excluding hydrogens is 498 g/mol. The smallest absolute Gasteiger partial charge is 0.258 e. The molecule has 2 aromatic rings. The van der Waals surface area contributed by atoms with Crippen molar-refractivity contribution in [3.63, 3.8) is 0 Å². The number of halogens is 1. The molecular formula is C26H30ClN5O5. The van der Waals surface area contributed by atoms with Crippen LogP contribution in [0.2, 0.25) is 5.02 Å². The van der Waals surface area contributed by atoms with Crippen LogP contribution in [-0.4, -0.2) is 60.6 Å². The number of hydrazone groups is 1. The van der Waals surface area contributed by atoms with Crippen LogP contribution in [0.5, 0.6) is 11.5 Å². The zero-order valence-electron chi connectivity index (χ0n) is 20.7. The minimum atomic E-state index is -0.814. The molecule has 0 saturated heterocycles. The normalized spacial score (nSPS) is 14.1. The summed E-state index contributed by atoms with van der Waals surface area (Å²) in [5.41, 5.74) is 3.83. The Kier molecular flexibility index (Phi) is 9.85. The van der Waals surface area contributed by atoms with E-state index in [9.17, 15) is 14.7 Å². The molecule has 0 radical (unpaired) electrons. The van der Waals surface area contributed by atoms with Gasteiger partial charge in [-0.15, -0.1) is 0 Å². The minimum Gasteiger partial charge on any atom is -0.489 e. The second-order valence-electron chi connectivity index (χ2n) is 9.14. The Bertz CT molecular complexity index is 1190. The molecule has 1 aliphatic heterocycles. The first-order valence-electron chi connectivity index (χ1n) is 11.8. The number of nitrogens with zero attached hydrogens (tertiary/aromatic N) is 2. The molecule has 0 spiro atoms. The number of carbonyl (C=O) groups excluding carboxylic acids is 2. The molecule has 0 saturated carbocycles. The number of hydrogen-bond acceptors (Lipinski definition) is 8. The van der Waals surface area contributed by atoms with Gasteiger partial charge < -0.3 is 25.2 Å². The monoisotopic (exact) mass is 527 g/mol. The van der Waals surface area contributed by atoms with Gasteiger partial charge in [0, 0.05) is 31.5 Å². The highest BCUT2D eigenvalue weighted by atomic mass is 35.5. The average molecular weight is 528 g/mol. The van der Waals surface area contributed by atoms with Gasteiger partial charge in [-0.25, -0.2) is 5.43 Å². The summed E-state index contributed by atoms with van der Waals surface area (Å²) in [4.78, 5) is 23.6. The van der Waals surface area contributed by atoms with Crippen LogP contribution in [0.3, 0.4) is 0 Å². The quantitative estimate of drug-likeness (QED) is 0.331. The van der Waals surface area contributed by atoms with Crippen LogP contribution in [0, 0.1) is 11.3 Å². The summed E-state index contributed by atoms with van der Waals surface area (Å²) in [6.45, 7) is 4.09. The Balaban J connectivity index is 1.39. The van der Waals surface area contributed by atoms with Crippen LogP contribution >= 0.6 is 11.6 Å². The average Bonchev–Trinajstić information content (AvgIpc) is 2.89. The second kappa shape index (κ2) is 13.1. The predicted octanol–water partition coefficient (Wildman–Crippen LogP) is 2.13. The van der Waals surface area contributed by atoms with Crippen molar-refractivity contribution in [2.24, 2.45) is 5.10 Å². The number of aliphatic hydroxyl groups excluding tert-OH is 1. The molecule has 0 aromatic heterocycles. The van der Waals surface area contributed by atoms with Gasteiger partial charge in [-0.05, 0) is 49.7 Å². The van der Waals surface area contributed by atoms with Crippen LogP contribution < -0.4 is 25.5 Å². The first kappa shape index (κ1) is 27.9. The Morgan fingerprint density at radius 1 is 1.24 bits per heavy atom. The van der Waals surface area contributed by atoms with Crippen molar-refractivity contribution in [3.8, 4) is 17.6 Å². The number of nitrogens with one attached hydrogen (secondary N) is 3. The van der Waals surface area contributed by atoms with E-state index in [1.807, 2.05) is 19.9 Å². The van der Waals surface area contributed by atoms with Crippen LogP contribution in [0.1, 0.15) is 37.8 Å². The molecule has 196 valence electrons. The van der Waals surface area contributed by atoms with Crippen molar-refractivity contribution in [1.29, 1.82) is 5.26 Å². The highest BCUT2D eigenvalue weighted by Crippen LogP contribution is 2.26. The van der Waals surface area contributed by atoms with Crippen molar-refractivity contribution in [2.45, 2.75) is 38.3 Å². The summed E-state index contributed by atoms with van der Waals surface area (Å²) >= 11 is 6.30. The van der Waals surface area contributed by atoms with Gasteiger partial charge in [-0.3, -0.25) is 9.59 Å². The first-order chi connectivity index (χ1) is 17.7. The van der Waals surface area contributed by atoms with Gasteiger partial charge in [0.25, 0.3) is 5.91 Å². The lowest BCUT2D eigenvalue weighted by atomic mass is 10.0. The van der Waals surface area contributed by atoms with Crippen molar-refractivity contribution in [3.05, 3.63) is 58.6 Å². The Hall–Kier alpha value is -3.65. The van der Waals surface area contributed by atoms with Gasteiger partial charge in [0.15, 0.2) is 6.61 Å². The molecule has 4 N–H and O–H groups in total. The number of aliphatic hydroxyl groups is 1. The highest BCUT2D eigenvalue weighted by molar-refractivity contribution is 6.32. The molecule has 1 aliphatic rings. The van der Waals surface area contributed by atoms with Gasteiger partial charge in [-0.2, -0.15) is 10.4 Å². The van der Waals surface area contributed by atoms with E-state index in [1.165, 1.54) is 0 Å². The maximum atomic E-state index is 12.3. The van der Waals surface area contributed by atoms with Gasteiger partial charge in [0.1, 0.15) is 30.3 Å². The van der Waals surface area contributed by atoms with Crippen molar-refractivity contribution in [2.75, 3.05) is 26.3 Å². The fraction of sp³-hybridized carbons (Fsp3) is 0.385. The van der Waals surface area contributed by atoms with E-state index in [0.717, 1.165) is 11.3 Å². The summed E-state index contributed by atoms with van der Waals surface area (Å²) in [5, 5.41) is 29.7. The molecule has 11 heteroatoms. The van der Waals surface area contributed by atoms with Crippen LogP contribution in [-0.2, 0) is 9.59 Å². The molecule has 0 unspecified atom stereocenters. The number of carbonyl (C=O) groups is 2. The van der Waals surface area contributed by atoms with Crippen molar-refractivity contribution < 1.29 is 24.2 Å². The van der Waals surface area contributed by atoms with Crippen molar-refractivity contribution >= 4 is 29.1 Å². The van der Waals surface area contributed by atoms with E-state index in [1.54, 1.807) is 42.5 Å². The highest BCUT2D eigenvalue weighted by Gasteiger charge is 2.21. The SMILES string of the molecule is CC(C)(CNC(=O)COc1ccc(C2=NNC(=O)CC2)cc1Cl)NC[C@H](O)COc1ccccc1C#N. The molecule has 1 atom stereocenters.